The molecule has 2 aromatic carbocycles. The zero-order valence-corrected chi connectivity index (χ0v) is 22.0. The van der Waals surface area contributed by atoms with Gasteiger partial charge in [-0.1, -0.05) is 85.2 Å². The van der Waals surface area contributed by atoms with Crippen LogP contribution in [0, 0.1) is 5.92 Å². The fourth-order valence-corrected chi connectivity index (χ4v) is 6.59. The van der Waals surface area contributed by atoms with Crippen molar-refractivity contribution < 1.29 is 4.74 Å². The predicted molar refractivity (Wildman–Crippen MR) is 143 cm³/mol. The van der Waals surface area contributed by atoms with Crippen LogP contribution in [0.5, 0.6) is 0 Å². The number of ether oxygens (including phenoxy) is 1. The lowest BCUT2D eigenvalue weighted by Crippen LogP contribution is -2.28. The highest BCUT2D eigenvalue weighted by Crippen LogP contribution is 2.36. The summed E-state index contributed by atoms with van der Waals surface area (Å²) in [7, 11) is 0. The Morgan fingerprint density at radius 3 is 2.68 bits per heavy atom. The van der Waals surface area contributed by atoms with Gasteiger partial charge in [-0.2, -0.15) is 0 Å². The van der Waals surface area contributed by atoms with Gasteiger partial charge in [-0.05, 0) is 34.7 Å². The largest absolute Gasteiger partial charge is 0.372 e. The molecule has 0 spiro atoms. The van der Waals surface area contributed by atoms with Crippen LogP contribution in [0.3, 0.4) is 0 Å². The Hall–Kier alpha value is -1.83. The van der Waals surface area contributed by atoms with Crippen LogP contribution < -0.4 is 5.56 Å². The summed E-state index contributed by atoms with van der Waals surface area (Å²) in [6.07, 6.45) is 0.876. The quantitative estimate of drug-likeness (QED) is 0.195. The summed E-state index contributed by atoms with van der Waals surface area (Å²) >= 11 is 15.4. The topological polar surface area (TPSA) is 44.1 Å². The van der Waals surface area contributed by atoms with E-state index in [2.05, 4.69) is 13.8 Å². The second kappa shape index (κ2) is 10.0. The summed E-state index contributed by atoms with van der Waals surface area (Å²) in [6, 6.07) is 15.7. The van der Waals surface area contributed by atoms with Crippen LogP contribution in [-0.2, 0) is 30.1 Å². The van der Waals surface area contributed by atoms with Gasteiger partial charge in [0.05, 0.1) is 34.7 Å². The van der Waals surface area contributed by atoms with Gasteiger partial charge in [-0.25, -0.2) is 4.98 Å². The molecule has 1 aliphatic heterocycles. The van der Waals surface area contributed by atoms with E-state index in [0.717, 1.165) is 38.2 Å². The Bertz CT molecular complexity index is 1400. The summed E-state index contributed by atoms with van der Waals surface area (Å²) in [5, 5.41) is 2.51. The maximum atomic E-state index is 13.9. The zero-order valence-electron chi connectivity index (χ0n) is 18.9. The number of thiophene rings is 1. The molecule has 0 radical (unpaired) electrons. The van der Waals surface area contributed by atoms with Crippen molar-refractivity contribution in [1.29, 1.82) is 0 Å². The molecule has 0 saturated carbocycles. The van der Waals surface area contributed by atoms with E-state index in [-0.39, 0.29) is 11.7 Å². The van der Waals surface area contributed by atoms with Crippen molar-refractivity contribution in [1.82, 2.24) is 9.55 Å². The zero-order chi connectivity index (χ0) is 23.8. The van der Waals surface area contributed by atoms with Crippen LogP contribution >= 0.6 is 46.3 Å². The van der Waals surface area contributed by atoms with Gasteiger partial charge in [0.2, 0.25) is 0 Å². The molecule has 8 heteroatoms. The minimum absolute atomic E-state index is 0.0207. The second-order valence-corrected chi connectivity index (χ2v) is 11.6. The second-order valence-electron chi connectivity index (χ2n) is 8.79. The number of rotatable bonds is 6. The Kier molecular flexibility index (Phi) is 7.05. The Morgan fingerprint density at radius 1 is 1.15 bits per heavy atom. The molecular formula is C26H24Cl2N2O2S2. The SMILES string of the molecule is CC(C)[C@@H]1Cc2c(sc3nc(SCc4ccc(Cl)c(Cl)c4)n(Cc4ccccc4)c(=O)c23)CO1. The van der Waals surface area contributed by atoms with E-state index < -0.39 is 0 Å². The van der Waals surface area contributed by atoms with Crippen LogP contribution in [-0.4, -0.2) is 15.7 Å². The molecule has 2 aromatic heterocycles. The van der Waals surface area contributed by atoms with Gasteiger partial charge in [-0.15, -0.1) is 11.3 Å². The minimum atomic E-state index is 0.0207. The highest BCUT2D eigenvalue weighted by Gasteiger charge is 2.28. The number of hydrogen-bond donors (Lipinski definition) is 0. The van der Waals surface area contributed by atoms with Crippen molar-refractivity contribution in [2.45, 2.75) is 50.4 Å². The van der Waals surface area contributed by atoms with Gasteiger partial charge in [0.25, 0.3) is 5.56 Å². The van der Waals surface area contributed by atoms with Crippen molar-refractivity contribution in [3.63, 3.8) is 0 Å². The molecule has 0 bridgehead atoms. The number of thioether (sulfide) groups is 1. The summed E-state index contributed by atoms with van der Waals surface area (Å²) in [5.74, 6) is 1.02. The van der Waals surface area contributed by atoms with Crippen molar-refractivity contribution >= 4 is 56.5 Å². The first-order chi connectivity index (χ1) is 16.4. The first kappa shape index (κ1) is 23.9. The third kappa shape index (κ3) is 4.79. The third-order valence-electron chi connectivity index (χ3n) is 6.07. The minimum Gasteiger partial charge on any atom is -0.372 e. The normalized spacial score (nSPS) is 15.7. The van der Waals surface area contributed by atoms with Crippen LogP contribution in [0.1, 0.15) is 35.4 Å². The number of fused-ring (bicyclic) bond motifs is 3. The van der Waals surface area contributed by atoms with Crippen molar-refractivity contribution in [3.8, 4) is 0 Å². The molecule has 34 heavy (non-hydrogen) atoms. The van der Waals surface area contributed by atoms with Gasteiger partial charge in [0.15, 0.2) is 5.16 Å². The molecule has 1 atom stereocenters. The van der Waals surface area contributed by atoms with Crippen molar-refractivity contribution in [2.75, 3.05) is 0 Å². The number of benzene rings is 2. The van der Waals surface area contributed by atoms with Gasteiger partial charge in [0, 0.05) is 17.1 Å². The van der Waals surface area contributed by atoms with Crippen LogP contribution in [0.4, 0.5) is 0 Å². The number of aromatic nitrogens is 2. The lowest BCUT2D eigenvalue weighted by molar-refractivity contribution is 0.00200. The summed E-state index contributed by atoms with van der Waals surface area (Å²) in [4.78, 5) is 20.8. The van der Waals surface area contributed by atoms with Gasteiger partial charge in [0.1, 0.15) is 4.83 Å². The van der Waals surface area contributed by atoms with Crippen molar-refractivity contribution in [3.05, 3.63) is 90.5 Å². The molecular weight excluding hydrogens is 507 g/mol. The molecule has 0 unspecified atom stereocenters. The van der Waals surface area contributed by atoms with Crippen LogP contribution in [0.15, 0.2) is 58.5 Å². The van der Waals surface area contributed by atoms with Gasteiger partial charge >= 0.3 is 0 Å². The van der Waals surface area contributed by atoms with Crippen molar-refractivity contribution in [2.24, 2.45) is 5.92 Å². The molecule has 0 aliphatic carbocycles. The Balaban J connectivity index is 1.58. The average molecular weight is 532 g/mol. The fraction of sp³-hybridized carbons (Fsp3) is 0.308. The summed E-state index contributed by atoms with van der Waals surface area (Å²) in [6.45, 7) is 5.34. The summed E-state index contributed by atoms with van der Waals surface area (Å²) in [5.41, 5.74) is 3.23. The van der Waals surface area contributed by atoms with E-state index in [4.69, 9.17) is 32.9 Å². The molecule has 0 fully saturated rings. The highest BCUT2D eigenvalue weighted by atomic mass is 35.5. The monoisotopic (exact) mass is 530 g/mol. The van der Waals surface area contributed by atoms with E-state index in [1.165, 1.54) is 11.8 Å². The fourth-order valence-electron chi connectivity index (χ4n) is 4.16. The molecule has 4 nitrogen and oxygen atoms in total. The Labute approximate surface area is 216 Å². The lowest BCUT2D eigenvalue weighted by atomic mass is 9.96. The molecule has 1 aliphatic rings. The van der Waals surface area contributed by atoms with E-state index >= 15 is 0 Å². The first-order valence-electron chi connectivity index (χ1n) is 11.2. The van der Waals surface area contributed by atoms with Crippen LogP contribution in [0.25, 0.3) is 10.2 Å². The maximum Gasteiger partial charge on any atom is 0.263 e. The number of hydrogen-bond acceptors (Lipinski definition) is 5. The maximum absolute atomic E-state index is 13.9. The molecule has 5 rings (SSSR count). The molecule has 176 valence electrons. The molecule has 0 N–H and O–H groups in total. The Morgan fingerprint density at radius 2 is 1.94 bits per heavy atom. The van der Waals surface area contributed by atoms with E-state index in [1.807, 2.05) is 47.0 Å². The number of nitrogens with zero attached hydrogens (tertiary/aromatic N) is 2. The molecule has 3 heterocycles. The molecule has 0 saturated heterocycles. The van der Waals surface area contributed by atoms with E-state index in [9.17, 15) is 4.79 Å². The lowest BCUT2D eigenvalue weighted by Gasteiger charge is -2.26. The summed E-state index contributed by atoms with van der Waals surface area (Å²) < 4.78 is 7.88. The average Bonchev–Trinajstić information content (AvgIpc) is 3.20. The van der Waals surface area contributed by atoms with E-state index in [0.29, 0.717) is 40.0 Å². The number of halogens is 2. The smallest absolute Gasteiger partial charge is 0.263 e. The van der Waals surface area contributed by atoms with E-state index in [1.54, 1.807) is 17.4 Å². The first-order valence-corrected chi connectivity index (χ1v) is 13.7. The highest BCUT2D eigenvalue weighted by molar-refractivity contribution is 7.98. The molecule has 0 amide bonds. The van der Waals surface area contributed by atoms with Gasteiger partial charge in [-0.3, -0.25) is 9.36 Å². The van der Waals surface area contributed by atoms with Crippen LogP contribution in [0.2, 0.25) is 10.0 Å². The molecule has 4 aromatic rings. The third-order valence-corrected chi connectivity index (χ3v) is 8.96. The predicted octanol–water partition coefficient (Wildman–Crippen LogP) is 7.20. The standard InChI is InChI=1S/C26H24Cl2N2O2S2/c1-15(2)21-11-18-22(13-32-21)34-24-23(18)25(31)30(12-16-6-4-3-5-7-16)26(29-24)33-14-17-8-9-19(27)20(28)10-17/h3-10,15,21H,11-14H2,1-2H3/t21-/m0/s1. The van der Waals surface area contributed by atoms with Gasteiger partial charge < -0.3 is 4.74 Å².